The third kappa shape index (κ3) is 3.42. The zero-order valence-electron chi connectivity index (χ0n) is 10.6. The molecule has 2 rings (SSSR count). The molecule has 0 aliphatic rings. The zero-order chi connectivity index (χ0) is 13.8. The SMILES string of the molecule is CC(=O)Nc1ccccc1Nc1nc(Cl)ncc1C. The predicted octanol–water partition coefficient (Wildman–Crippen LogP) is 3.14. The highest BCUT2D eigenvalue weighted by Gasteiger charge is 2.07. The van der Waals surface area contributed by atoms with Gasteiger partial charge in [-0.1, -0.05) is 12.1 Å². The Bertz CT molecular complexity index is 615. The number of nitrogens with zero attached hydrogens (tertiary/aromatic N) is 2. The Morgan fingerprint density at radius 2 is 1.95 bits per heavy atom. The monoisotopic (exact) mass is 276 g/mol. The fourth-order valence-electron chi connectivity index (χ4n) is 1.57. The minimum absolute atomic E-state index is 0.133. The summed E-state index contributed by atoms with van der Waals surface area (Å²) in [7, 11) is 0. The maximum Gasteiger partial charge on any atom is 0.224 e. The predicted molar refractivity (Wildman–Crippen MR) is 75.8 cm³/mol. The molecule has 0 atom stereocenters. The lowest BCUT2D eigenvalue weighted by Crippen LogP contribution is -2.08. The molecule has 0 unspecified atom stereocenters. The van der Waals surface area contributed by atoms with E-state index in [-0.39, 0.29) is 11.2 Å². The number of rotatable bonds is 3. The number of aromatic nitrogens is 2. The van der Waals surface area contributed by atoms with E-state index < -0.39 is 0 Å². The molecule has 1 aromatic carbocycles. The molecule has 0 bridgehead atoms. The van der Waals surface area contributed by atoms with Crippen LogP contribution in [0.4, 0.5) is 17.2 Å². The first kappa shape index (κ1) is 13.3. The van der Waals surface area contributed by atoms with Crippen LogP contribution in [0.25, 0.3) is 0 Å². The maximum atomic E-state index is 11.2. The highest BCUT2D eigenvalue weighted by atomic mass is 35.5. The smallest absolute Gasteiger partial charge is 0.224 e. The molecule has 0 spiro atoms. The topological polar surface area (TPSA) is 66.9 Å². The van der Waals surface area contributed by atoms with Crippen molar-refractivity contribution >= 4 is 34.7 Å². The Morgan fingerprint density at radius 3 is 2.63 bits per heavy atom. The van der Waals surface area contributed by atoms with E-state index in [1.807, 2.05) is 31.2 Å². The summed E-state index contributed by atoms with van der Waals surface area (Å²) in [5.74, 6) is 0.476. The molecule has 6 heteroatoms. The van der Waals surface area contributed by atoms with Crippen molar-refractivity contribution in [3.63, 3.8) is 0 Å². The van der Waals surface area contributed by atoms with Gasteiger partial charge < -0.3 is 10.6 Å². The van der Waals surface area contributed by atoms with Gasteiger partial charge in [-0.05, 0) is 30.7 Å². The third-order valence-electron chi connectivity index (χ3n) is 2.43. The van der Waals surface area contributed by atoms with Gasteiger partial charge >= 0.3 is 0 Å². The van der Waals surface area contributed by atoms with Crippen molar-refractivity contribution in [2.45, 2.75) is 13.8 Å². The van der Waals surface area contributed by atoms with Crippen LogP contribution in [0, 0.1) is 6.92 Å². The van der Waals surface area contributed by atoms with Crippen LogP contribution in [0.15, 0.2) is 30.5 Å². The molecule has 2 N–H and O–H groups in total. The summed E-state index contributed by atoms with van der Waals surface area (Å²) in [6, 6.07) is 7.37. The first-order valence-corrected chi connectivity index (χ1v) is 6.07. The Hall–Kier alpha value is -2.14. The van der Waals surface area contributed by atoms with Crippen molar-refractivity contribution in [2.75, 3.05) is 10.6 Å². The highest BCUT2D eigenvalue weighted by Crippen LogP contribution is 2.26. The van der Waals surface area contributed by atoms with Gasteiger partial charge in [-0.15, -0.1) is 0 Å². The van der Waals surface area contributed by atoms with E-state index >= 15 is 0 Å². The van der Waals surface area contributed by atoms with Crippen LogP contribution in [-0.2, 0) is 4.79 Å². The lowest BCUT2D eigenvalue weighted by Gasteiger charge is -2.13. The molecular weight excluding hydrogens is 264 g/mol. The molecule has 0 fully saturated rings. The molecule has 0 aliphatic heterocycles. The van der Waals surface area contributed by atoms with Gasteiger partial charge in [-0.3, -0.25) is 4.79 Å². The fourth-order valence-corrected chi connectivity index (χ4v) is 1.70. The second-order valence-corrected chi connectivity index (χ2v) is 4.36. The summed E-state index contributed by atoms with van der Waals surface area (Å²) >= 11 is 5.78. The fraction of sp³-hybridized carbons (Fsp3) is 0.154. The number of hydrogen-bond donors (Lipinski definition) is 2. The molecule has 5 nitrogen and oxygen atoms in total. The Labute approximate surface area is 116 Å². The second-order valence-electron chi connectivity index (χ2n) is 4.02. The van der Waals surface area contributed by atoms with E-state index in [9.17, 15) is 4.79 Å². The minimum Gasteiger partial charge on any atom is -0.338 e. The number of halogens is 1. The summed E-state index contributed by atoms with van der Waals surface area (Å²) in [6.45, 7) is 3.34. The molecular formula is C13H13ClN4O. The molecule has 1 heterocycles. The van der Waals surface area contributed by atoms with Crippen LogP contribution in [0.1, 0.15) is 12.5 Å². The lowest BCUT2D eigenvalue weighted by molar-refractivity contribution is -0.114. The van der Waals surface area contributed by atoms with Crippen LogP contribution in [0.3, 0.4) is 0 Å². The van der Waals surface area contributed by atoms with Crippen LogP contribution in [-0.4, -0.2) is 15.9 Å². The molecule has 0 saturated heterocycles. The quantitative estimate of drug-likeness (QED) is 0.845. The Kier molecular flexibility index (Phi) is 3.97. The molecule has 1 amide bonds. The molecule has 0 radical (unpaired) electrons. The van der Waals surface area contributed by atoms with E-state index in [1.54, 1.807) is 6.20 Å². The van der Waals surface area contributed by atoms with Crippen molar-refractivity contribution in [2.24, 2.45) is 0 Å². The van der Waals surface area contributed by atoms with E-state index in [0.717, 1.165) is 11.3 Å². The first-order valence-electron chi connectivity index (χ1n) is 5.69. The van der Waals surface area contributed by atoms with Crippen molar-refractivity contribution in [3.8, 4) is 0 Å². The van der Waals surface area contributed by atoms with Gasteiger partial charge in [0.25, 0.3) is 0 Å². The number of hydrogen-bond acceptors (Lipinski definition) is 4. The number of para-hydroxylation sites is 2. The van der Waals surface area contributed by atoms with Gasteiger partial charge in [0.1, 0.15) is 5.82 Å². The molecule has 1 aromatic heterocycles. The van der Waals surface area contributed by atoms with Gasteiger partial charge in [-0.25, -0.2) is 9.97 Å². The molecule has 0 aliphatic carbocycles. The van der Waals surface area contributed by atoms with E-state index in [2.05, 4.69) is 20.6 Å². The summed E-state index contributed by atoms with van der Waals surface area (Å²) in [5.41, 5.74) is 2.29. The van der Waals surface area contributed by atoms with Crippen LogP contribution < -0.4 is 10.6 Å². The van der Waals surface area contributed by atoms with Crippen molar-refractivity contribution in [3.05, 3.63) is 41.3 Å². The summed E-state index contributed by atoms with van der Waals surface area (Å²) < 4.78 is 0. The van der Waals surface area contributed by atoms with Gasteiger partial charge in [0.2, 0.25) is 11.2 Å². The van der Waals surface area contributed by atoms with Crippen LogP contribution in [0.5, 0.6) is 0 Å². The Balaban J connectivity index is 2.32. The summed E-state index contributed by atoms with van der Waals surface area (Å²) in [6.07, 6.45) is 1.64. The van der Waals surface area contributed by atoms with Crippen molar-refractivity contribution in [1.29, 1.82) is 0 Å². The van der Waals surface area contributed by atoms with Crippen LogP contribution >= 0.6 is 11.6 Å². The van der Waals surface area contributed by atoms with Crippen LogP contribution in [0.2, 0.25) is 5.28 Å². The number of carbonyl (C=O) groups is 1. The van der Waals surface area contributed by atoms with Crippen molar-refractivity contribution < 1.29 is 4.79 Å². The highest BCUT2D eigenvalue weighted by molar-refractivity contribution is 6.28. The van der Waals surface area contributed by atoms with Gasteiger partial charge in [0, 0.05) is 18.7 Å². The number of carbonyl (C=O) groups excluding carboxylic acids is 1. The number of nitrogens with one attached hydrogen (secondary N) is 2. The van der Waals surface area contributed by atoms with Gasteiger partial charge in [-0.2, -0.15) is 0 Å². The number of amides is 1. The summed E-state index contributed by atoms with van der Waals surface area (Å²) in [5, 5.41) is 6.06. The maximum absolute atomic E-state index is 11.2. The average molecular weight is 277 g/mol. The van der Waals surface area contributed by atoms with E-state index in [0.29, 0.717) is 11.5 Å². The van der Waals surface area contributed by atoms with Gasteiger partial charge in [0.15, 0.2) is 0 Å². The third-order valence-corrected chi connectivity index (χ3v) is 2.62. The van der Waals surface area contributed by atoms with E-state index in [1.165, 1.54) is 6.92 Å². The summed E-state index contributed by atoms with van der Waals surface area (Å²) in [4.78, 5) is 19.2. The second kappa shape index (κ2) is 5.67. The van der Waals surface area contributed by atoms with Gasteiger partial charge in [0.05, 0.1) is 11.4 Å². The standard InChI is InChI=1S/C13H13ClN4O/c1-8-7-15-13(14)18-12(8)17-11-6-4-3-5-10(11)16-9(2)19/h3-7H,1-2H3,(H,16,19)(H,15,17,18). The lowest BCUT2D eigenvalue weighted by atomic mass is 10.2. The molecule has 98 valence electrons. The normalized spacial score (nSPS) is 10.1. The number of benzene rings is 1. The first-order chi connectivity index (χ1) is 9.06. The van der Waals surface area contributed by atoms with E-state index in [4.69, 9.17) is 11.6 Å². The molecule has 2 aromatic rings. The molecule has 19 heavy (non-hydrogen) atoms. The minimum atomic E-state index is -0.133. The zero-order valence-corrected chi connectivity index (χ0v) is 11.3. The number of anilines is 3. The number of aryl methyl sites for hydroxylation is 1. The largest absolute Gasteiger partial charge is 0.338 e. The van der Waals surface area contributed by atoms with Crippen molar-refractivity contribution in [1.82, 2.24) is 9.97 Å². The molecule has 0 saturated carbocycles. The average Bonchev–Trinajstić information content (AvgIpc) is 2.35. The Morgan fingerprint density at radius 1 is 1.26 bits per heavy atom.